The summed E-state index contributed by atoms with van der Waals surface area (Å²) in [7, 11) is 1.34. The Hall–Kier alpha value is -0.360. The van der Waals surface area contributed by atoms with Gasteiger partial charge in [0.25, 0.3) is 0 Å². The Morgan fingerprint density at radius 1 is 1.53 bits per heavy atom. The molecule has 0 aromatic rings. The molecule has 2 N–H and O–H groups in total. The van der Waals surface area contributed by atoms with Crippen LogP contribution in [0.5, 0.6) is 0 Å². The zero-order valence-electron chi connectivity index (χ0n) is 8.81. The van der Waals surface area contributed by atoms with E-state index in [2.05, 4.69) is 4.74 Å². The van der Waals surface area contributed by atoms with E-state index in [1.54, 1.807) is 0 Å². The van der Waals surface area contributed by atoms with E-state index in [4.69, 9.17) is 15.2 Å². The molecule has 0 bridgehead atoms. The number of methoxy groups -OCH3 is 1. The molecule has 0 aromatic carbocycles. The van der Waals surface area contributed by atoms with Gasteiger partial charge in [0, 0.05) is 0 Å². The summed E-state index contributed by atoms with van der Waals surface area (Å²) in [6, 6.07) is -0.526. The van der Waals surface area contributed by atoms with Crippen LogP contribution in [0.25, 0.3) is 0 Å². The molecule has 0 radical (unpaired) electrons. The summed E-state index contributed by atoms with van der Waals surface area (Å²) in [4.78, 5) is 10.9. The first kappa shape index (κ1) is 14.6. The van der Waals surface area contributed by atoms with Gasteiger partial charge in [-0.25, -0.2) is 0 Å². The highest BCUT2D eigenvalue weighted by Crippen LogP contribution is 2.12. The molecule has 0 saturated carbocycles. The predicted molar refractivity (Wildman–Crippen MR) is 56.8 cm³/mol. The number of hydrogen-bond donors (Lipinski definition) is 1. The molecule has 1 fully saturated rings. The van der Waals surface area contributed by atoms with Crippen LogP contribution >= 0.6 is 12.4 Å². The van der Waals surface area contributed by atoms with E-state index in [1.807, 2.05) is 0 Å². The second-order valence-electron chi connectivity index (χ2n) is 3.23. The number of nitrogens with two attached hydrogens (primary N) is 1. The van der Waals surface area contributed by atoms with Gasteiger partial charge in [0.05, 0.1) is 20.3 Å². The van der Waals surface area contributed by atoms with E-state index in [0.29, 0.717) is 19.6 Å². The quantitative estimate of drug-likeness (QED) is 0.706. The maximum Gasteiger partial charge on any atom is 0.322 e. The van der Waals surface area contributed by atoms with Gasteiger partial charge in [-0.1, -0.05) is 0 Å². The fourth-order valence-corrected chi connectivity index (χ4v) is 1.35. The summed E-state index contributed by atoms with van der Waals surface area (Å²) in [5, 5.41) is 0. The molecular weight excluding hydrogens is 222 g/mol. The molecule has 90 valence electrons. The van der Waals surface area contributed by atoms with Gasteiger partial charge in [0.1, 0.15) is 6.04 Å². The standard InChI is InChI=1S/C9H17NO4.ClH/c1-12-9(11)7(10)3-2-4-8-13-5-6-14-8;/h7-8H,2-6,10H2,1H3;1H/t7-;/m0./s1. The monoisotopic (exact) mass is 239 g/mol. The molecule has 1 rings (SSSR count). The van der Waals surface area contributed by atoms with Crippen LogP contribution < -0.4 is 5.73 Å². The summed E-state index contributed by atoms with van der Waals surface area (Å²) in [5.41, 5.74) is 5.56. The third-order valence-corrected chi connectivity index (χ3v) is 2.15. The maximum absolute atomic E-state index is 10.9. The zero-order valence-corrected chi connectivity index (χ0v) is 9.63. The first-order chi connectivity index (χ1) is 6.74. The SMILES string of the molecule is COC(=O)[C@@H](N)CCCC1OCCO1.Cl. The predicted octanol–water partition coefficient (Wildman–Crippen LogP) is 0.452. The van der Waals surface area contributed by atoms with E-state index in [-0.39, 0.29) is 24.7 Å². The largest absolute Gasteiger partial charge is 0.468 e. The van der Waals surface area contributed by atoms with Crippen molar-refractivity contribution in [3.63, 3.8) is 0 Å². The molecule has 1 atom stereocenters. The van der Waals surface area contributed by atoms with E-state index < -0.39 is 6.04 Å². The number of rotatable bonds is 5. The van der Waals surface area contributed by atoms with Crippen molar-refractivity contribution in [1.82, 2.24) is 0 Å². The average Bonchev–Trinajstić information content (AvgIpc) is 2.69. The molecule has 6 heteroatoms. The highest BCUT2D eigenvalue weighted by atomic mass is 35.5. The van der Waals surface area contributed by atoms with Crippen LogP contribution in [0.1, 0.15) is 19.3 Å². The summed E-state index contributed by atoms with van der Waals surface area (Å²) in [6.07, 6.45) is 2.08. The van der Waals surface area contributed by atoms with Crippen molar-refractivity contribution in [2.75, 3.05) is 20.3 Å². The third-order valence-electron chi connectivity index (χ3n) is 2.15. The molecule has 1 heterocycles. The molecule has 0 aromatic heterocycles. The molecule has 1 aliphatic rings. The van der Waals surface area contributed by atoms with Gasteiger partial charge < -0.3 is 19.9 Å². The van der Waals surface area contributed by atoms with Crippen LogP contribution in [-0.4, -0.2) is 38.6 Å². The van der Waals surface area contributed by atoms with Crippen molar-refractivity contribution in [3.8, 4) is 0 Å². The fraction of sp³-hybridized carbons (Fsp3) is 0.889. The maximum atomic E-state index is 10.9. The Balaban J connectivity index is 0.00000196. The van der Waals surface area contributed by atoms with Gasteiger partial charge >= 0.3 is 5.97 Å². The fourth-order valence-electron chi connectivity index (χ4n) is 1.35. The Morgan fingerprint density at radius 2 is 2.13 bits per heavy atom. The smallest absolute Gasteiger partial charge is 0.322 e. The number of esters is 1. The number of hydrogen-bond acceptors (Lipinski definition) is 5. The van der Waals surface area contributed by atoms with Crippen molar-refractivity contribution in [2.24, 2.45) is 5.73 Å². The van der Waals surface area contributed by atoms with Crippen LogP contribution in [0.4, 0.5) is 0 Å². The van der Waals surface area contributed by atoms with Gasteiger partial charge in [-0.15, -0.1) is 12.4 Å². The van der Waals surface area contributed by atoms with Crippen LogP contribution in [0.2, 0.25) is 0 Å². The van der Waals surface area contributed by atoms with Gasteiger partial charge in [-0.2, -0.15) is 0 Å². The Bertz CT molecular complexity index is 185. The highest BCUT2D eigenvalue weighted by molar-refractivity contribution is 5.85. The van der Waals surface area contributed by atoms with Crippen LogP contribution in [-0.2, 0) is 19.0 Å². The van der Waals surface area contributed by atoms with Crippen LogP contribution in [0.15, 0.2) is 0 Å². The normalized spacial score (nSPS) is 18.3. The van der Waals surface area contributed by atoms with Gasteiger partial charge in [-0.05, 0) is 19.3 Å². The van der Waals surface area contributed by atoms with Crippen molar-refractivity contribution < 1.29 is 19.0 Å². The van der Waals surface area contributed by atoms with Crippen molar-refractivity contribution >= 4 is 18.4 Å². The van der Waals surface area contributed by atoms with Crippen molar-refractivity contribution in [1.29, 1.82) is 0 Å². The molecule has 0 amide bonds. The van der Waals surface area contributed by atoms with Crippen LogP contribution in [0, 0.1) is 0 Å². The van der Waals surface area contributed by atoms with Gasteiger partial charge in [0.2, 0.25) is 0 Å². The average molecular weight is 240 g/mol. The lowest BCUT2D eigenvalue weighted by atomic mass is 10.1. The zero-order chi connectivity index (χ0) is 10.4. The minimum Gasteiger partial charge on any atom is -0.468 e. The molecule has 0 aliphatic carbocycles. The van der Waals surface area contributed by atoms with Crippen molar-refractivity contribution in [3.05, 3.63) is 0 Å². The first-order valence-electron chi connectivity index (χ1n) is 4.80. The van der Waals surface area contributed by atoms with Crippen LogP contribution in [0.3, 0.4) is 0 Å². The summed E-state index contributed by atoms with van der Waals surface area (Å²) < 4.78 is 15.0. The topological polar surface area (TPSA) is 70.8 Å². The second kappa shape index (κ2) is 7.87. The Labute approximate surface area is 95.6 Å². The van der Waals surface area contributed by atoms with Crippen molar-refractivity contribution in [2.45, 2.75) is 31.6 Å². The minimum absolute atomic E-state index is 0. The van der Waals surface area contributed by atoms with E-state index >= 15 is 0 Å². The van der Waals surface area contributed by atoms with E-state index in [1.165, 1.54) is 7.11 Å². The molecule has 1 saturated heterocycles. The number of carbonyl (C=O) groups is 1. The molecule has 1 aliphatic heterocycles. The Kier molecular flexibility index (Phi) is 7.68. The van der Waals surface area contributed by atoms with Gasteiger partial charge in [0.15, 0.2) is 6.29 Å². The lowest BCUT2D eigenvalue weighted by Crippen LogP contribution is -2.31. The number of ether oxygens (including phenoxy) is 3. The summed E-state index contributed by atoms with van der Waals surface area (Å²) in [5.74, 6) is -0.363. The lowest BCUT2D eigenvalue weighted by molar-refractivity contribution is -0.142. The van der Waals surface area contributed by atoms with E-state index in [9.17, 15) is 4.79 Å². The highest BCUT2D eigenvalue weighted by Gasteiger charge is 2.18. The Morgan fingerprint density at radius 3 is 2.67 bits per heavy atom. The number of carbonyl (C=O) groups excluding carboxylic acids is 1. The summed E-state index contributed by atoms with van der Waals surface area (Å²) >= 11 is 0. The number of halogens is 1. The molecule has 5 nitrogen and oxygen atoms in total. The summed E-state index contributed by atoms with van der Waals surface area (Å²) in [6.45, 7) is 1.32. The van der Waals surface area contributed by atoms with E-state index in [0.717, 1.165) is 12.8 Å². The second-order valence-corrected chi connectivity index (χ2v) is 3.23. The molecule has 0 spiro atoms. The molecule has 15 heavy (non-hydrogen) atoms. The molecular formula is C9H18ClNO4. The minimum atomic E-state index is -0.526. The molecule has 0 unspecified atom stereocenters. The van der Waals surface area contributed by atoms with Gasteiger partial charge in [-0.3, -0.25) is 4.79 Å². The third kappa shape index (κ3) is 5.32. The first-order valence-corrected chi connectivity index (χ1v) is 4.80. The lowest BCUT2D eigenvalue weighted by Gasteiger charge is -2.11.